The number of carbonyl (C=O) groups is 2. The highest BCUT2D eigenvalue weighted by Crippen LogP contribution is 2.13. The molecule has 3 aromatic carbocycles. The maximum Gasteiger partial charge on any atom is 0.270 e. The molecule has 0 unspecified atom stereocenters. The first kappa shape index (κ1) is 21.7. The van der Waals surface area contributed by atoms with E-state index in [1.165, 1.54) is 18.2 Å². The van der Waals surface area contributed by atoms with Gasteiger partial charge in [-0.05, 0) is 17.2 Å². The minimum Gasteiger partial charge on any atom is -0.286 e. The molecule has 3 rings (SSSR count). The summed E-state index contributed by atoms with van der Waals surface area (Å²) in [5, 5.41) is 10.9. The third kappa shape index (κ3) is 6.76. The lowest BCUT2D eigenvalue weighted by atomic mass is 10.1. The number of hydrogen-bond acceptors (Lipinski definition) is 5. The number of benzene rings is 3. The average Bonchev–Trinajstić information content (AvgIpc) is 2.79. The Kier molecular flexibility index (Phi) is 7.45. The number of nitrogens with one attached hydrogen (secondary N) is 2. The molecule has 31 heavy (non-hydrogen) atoms. The van der Waals surface area contributed by atoms with Crippen molar-refractivity contribution in [2.45, 2.75) is 13.1 Å². The van der Waals surface area contributed by atoms with E-state index >= 15 is 0 Å². The minimum atomic E-state index is -0.630. The van der Waals surface area contributed by atoms with Crippen molar-refractivity contribution in [3.05, 3.63) is 112 Å². The van der Waals surface area contributed by atoms with Gasteiger partial charge in [-0.25, -0.2) is 0 Å². The van der Waals surface area contributed by atoms with Crippen LogP contribution in [0.1, 0.15) is 21.5 Å². The van der Waals surface area contributed by atoms with Gasteiger partial charge in [0.25, 0.3) is 17.5 Å². The number of nitro benzene ring substituents is 1. The van der Waals surface area contributed by atoms with Crippen LogP contribution in [0.25, 0.3) is 0 Å². The second kappa shape index (κ2) is 10.7. The number of hydrazine groups is 1. The average molecular weight is 418 g/mol. The summed E-state index contributed by atoms with van der Waals surface area (Å²) in [5.41, 5.74) is 6.70. The Labute approximate surface area is 179 Å². The van der Waals surface area contributed by atoms with Crippen LogP contribution in [-0.4, -0.2) is 28.2 Å². The second-order valence-corrected chi connectivity index (χ2v) is 6.93. The van der Waals surface area contributed by atoms with E-state index in [4.69, 9.17) is 0 Å². The molecule has 0 heterocycles. The van der Waals surface area contributed by atoms with Gasteiger partial charge in [0, 0.05) is 30.8 Å². The van der Waals surface area contributed by atoms with Gasteiger partial charge in [0.15, 0.2) is 0 Å². The Morgan fingerprint density at radius 3 is 1.94 bits per heavy atom. The second-order valence-electron chi connectivity index (χ2n) is 6.93. The Bertz CT molecular complexity index is 1000. The minimum absolute atomic E-state index is 0.0546. The third-order valence-electron chi connectivity index (χ3n) is 4.50. The van der Waals surface area contributed by atoms with Gasteiger partial charge in [-0.1, -0.05) is 66.7 Å². The molecular weight excluding hydrogens is 396 g/mol. The molecule has 0 aromatic heterocycles. The fourth-order valence-corrected chi connectivity index (χ4v) is 3.05. The number of nitrogens with zero attached hydrogens (tertiary/aromatic N) is 2. The SMILES string of the molecule is O=C(CN(Cc1ccccc1)Cc1ccccc1)NNC(=O)c1cccc([N+](=O)[O-])c1. The molecular formula is C23H22N4O4. The predicted molar refractivity (Wildman–Crippen MR) is 116 cm³/mol. The Balaban J connectivity index is 1.60. The quantitative estimate of drug-likeness (QED) is 0.432. The Morgan fingerprint density at radius 1 is 0.806 bits per heavy atom. The number of rotatable bonds is 8. The van der Waals surface area contributed by atoms with Crippen LogP contribution in [0, 0.1) is 10.1 Å². The zero-order valence-corrected chi connectivity index (χ0v) is 16.7. The molecule has 0 spiro atoms. The molecule has 0 aliphatic heterocycles. The molecule has 8 nitrogen and oxygen atoms in total. The normalized spacial score (nSPS) is 10.5. The predicted octanol–water partition coefficient (Wildman–Crippen LogP) is 3.06. The highest BCUT2D eigenvalue weighted by Gasteiger charge is 2.15. The van der Waals surface area contributed by atoms with E-state index in [2.05, 4.69) is 10.9 Å². The van der Waals surface area contributed by atoms with Gasteiger partial charge >= 0.3 is 0 Å². The van der Waals surface area contributed by atoms with Crippen molar-refractivity contribution in [3.8, 4) is 0 Å². The molecule has 3 aromatic rings. The van der Waals surface area contributed by atoms with Gasteiger partial charge in [-0.15, -0.1) is 0 Å². The summed E-state index contributed by atoms with van der Waals surface area (Å²) in [4.78, 5) is 36.9. The summed E-state index contributed by atoms with van der Waals surface area (Å²) < 4.78 is 0. The van der Waals surface area contributed by atoms with Crippen molar-refractivity contribution in [2.75, 3.05) is 6.54 Å². The highest BCUT2D eigenvalue weighted by molar-refractivity contribution is 5.96. The first-order chi connectivity index (χ1) is 15.0. The smallest absolute Gasteiger partial charge is 0.270 e. The van der Waals surface area contributed by atoms with Crippen LogP contribution < -0.4 is 10.9 Å². The first-order valence-electron chi connectivity index (χ1n) is 9.65. The van der Waals surface area contributed by atoms with E-state index in [1.807, 2.05) is 65.6 Å². The summed E-state index contributed by atoms with van der Waals surface area (Å²) in [6.45, 7) is 1.17. The molecule has 0 saturated carbocycles. The molecule has 0 fully saturated rings. The van der Waals surface area contributed by atoms with Crippen molar-refractivity contribution >= 4 is 17.5 Å². The molecule has 0 saturated heterocycles. The van der Waals surface area contributed by atoms with Crippen molar-refractivity contribution in [3.63, 3.8) is 0 Å². The lowest BCUT2D eigenvalue weighted by Gasteiger charge is -2.22. The van der Waals surface area contributed by atoms with E-state index < -0.39 is 16.7 Å². The van der Waals surface area contributed by atoms with Crippen LogP contribution in [-0.2, 0) is 17.9 Å². The molecule has 0 atom stereocenters. The monoisotopic (exact) mass is 418 g/mol. The van der Waals surface area contributed by atoms with Gasteiger partial charge in [-0.2, -0.15) is 0 Å². The molecule has 2 amide bonds. The zero-order chi connectivity index (χ0) is 22.1. The maximum absolute atomic E-state index is 12.5. The van der Waals surface area contributed by atoms with Crippen LogP contribution in [0.4, 0.5) is 5.69 Å². The summed E-state index contributed by atoms with van der Waals surface area (Å²) in [6.07, 6.45) is 0. The fraction of sp³-hybridized carbons (Fsp3) is 0.130. The van der Waals surface area contributed by atoms with Gasteiger partial charge in [0.2, 0.25) is 0 Å². The van der Waals surface area contributed by atoms with E-state index in [-0.39, 0.29) is 17.8 Å². The lowest BCUT2D eigenvalue weighted by Crippen LogP contribution is -2.46. The summed E-state index contributed by atoms with van der Waals surface area (Å²) >= 11 is 0. The Hall–Kier alpha value is -4.04. The number of hydrogen-bond donors (Lipinski definition) is 2. The molecule has 0 aliphatic rings. The van der Waals surface area contributed by atoms with E-state index in [0.717, 1.165) is 17.2 Å². The molecule has 0 bridgehead atoms. The van der Waals surface area contributed by atoms with Crippen molar-refractivity contribution < 1.29 is 14.5 Å². The van der Waals surface area contributed by atoms with Gasteiger partial charge < -0.3 is 0 Å². The van der Waals surface area contributed by atoms with E-state index in [1.54, 1.807) is 0 Å². The topological polar surface area (TPSA) is 105 Å². The first-order valence-corrected chi connectivity index (χ1v) is 9.65. The van der Waals surface area contributed by atoms with Crippen molar-refractivity contribution in [1.82, 2.24) is 15.8 Å². The van der Waals surface area contributed by atoms with Crippen LogP contribution in [0.3, 0.4) is 0 Å². The standard InChI is InChI=1S/C23H22N4O4/c28-22(24-25-23(29)20-12-7-13-21(14-20)27(30)31)17-26(15-18-8-3-1-4-9-18)16-19-10-5-2-6-11-19/h1-14H,15-17H2,(H,24,28)(H,25,29). The Morgan fingerprint density at radius 2 is 1.39 bits per heavy atom. The zero-order valence-electron chi connectivity index (χ0n) is 16.7. The largest absolute Gasteiger partial charge is 0.286 e. The molecule has 0 aliphatic carbocycles. The lowest BCUT2D eigenvalue weighted by molar-refractivity contribution is -0.384. The molecule has 0 radical (unpaired) electrons. The third-order valence-corrected chi connectivity index (χ3v) is 4.50. The van der Waals surface area contributed by atoms with Crippen molar-refractivity contribution in [1.29, 1.82) is 0 Å². The van der Waals surface area contributed by atoms with Crippen LogP contribution in [0.15, 0.2) is 84.9 Å². The highest BCUT2D eigenvalue weighted by atomic mass is 16.6. The summed E-state index contributed by atoms with van der Waals surface area (Å²) in [5.74, 6) is -1.03. The molecule has 158 valence electrons. The maximum atomic E-state index is 12.5. The number of nitro groups is 1. The fourth-order valence-electron chi connectivity index (χ4n) is 3.05. The number of non-ortho nitro benzene ring substituents is 1. The number of carbonyl (C=O) groups excluding carboxylic acids is 2. The van der Waals surface area contributed by atoms with Crippen LogP contribution in [0.5, 0.6) is 0 Å². The van der Waals surface area contributed by atoms with Crippen LogP contribution in [0.2, 0.25) is 0 Å². The summed E-state index contributed by atoms with van der Waals surface area (Å²) in [7, 11) is 0. The molecule has 8 heteroatoms. The number of amides is 2. The molecule has 2 N–H and O–H groups in total. The van der Waals surface area contributed by atoms with Crippen molar-refractivity contribution in [2.24, 2.45) is 0 Å². The van der Waals surface area contributed by atoms with E-state index in [9.17, 15) is 19.7 Å². The van der Waals surface area contributed by atoms with Crippen LogP contribution >= 0.6 is 0 Å². The van der Waals surface area contributed by atoms with Gasteiger partial charge in [-0.3, -0.25) is 35.5 Å². The summed E-state index contributed by atoms with van der Waals surface area (Å²) in [6, 6.07) is 24.9. The van der Waals surface area contributed by atoms with E-state index in [0.29, 0.717) is 13.1 Å². The van der Waals surface area contributed by atoms with Gasteiger partial charge in [0.05, 0.1) is 11.5 Å². The van der Waals surface area contributed by atoms with Gasteiger partial charge in [0.1, 0.15) is 0 Å².